The Labute approximate surface area is 79.1 Å². The van der Waals surface area contributed by atoms with Crippen LogP contribution in [0.25, 0.3) is 0 Å². The van der Waals surface area contributed by atoms with Crippen molar-refractivity contribution in [1.82, 2.24) is 10.6 Å². The second-order valence-electron chi connectivity index (χ2n) is 3.25. The SMILES string of the molecule is CCCNC(=O)CC(=O)NC(C)C. The Morgan fingerprint density at radius 3 is 2.31 bits per heavy atom. The molecule has 0 aromatic carbocycles. The first-order chi connectivity index (χ1) is 6.06. The van der Waals surface area contributed by atoms with E-state index in [1.165, 1.54) is 0 Å². The van der Waals surface area contributed by atoms with Gasteiger partial charge in [0.15, 0.2) is 0 Å². The third-order valence-electron chi connectivity index (χ3n) is 1.34. The molecule has 0 saturated heterocycles. The minimum absolute atomic E-state index is 0.0713. The minimum atomic E-state index is -0.219. The van der Waals surface area contributed by atoms with Crippen LogP contribution in [-0.2, 0) is 9.59 Å². The molecule has 2 N–H and O–H groups in total. The van der Waals surface area contributed by atoms with Gasteiger partial charge in [-0.25, -0.2) is 0 Å². The molecule has 0 aliphatic heterocycles. The topological polar surface area (TPSA) is 58.2 Å². The highest BCUT2D eigenvalue weighted by Crippen LogP contribution is 1.84. The van der Waals surface area contributed by atoms with Crippen LogP contribution in [0.5, 0.6) is 0 Å². The molecule has 0 unspecified atom stereocenters. The second kappa shape index (κ2) is 6.46. The molecule has 0 aromatic heterocycles. The highest BCUT2D eigenvalue weighted by Gasteiger charge is 2.08. The van der Waals surface area contributed by atoms with Crippen molar-refractivity contribution in [3.63, 3.8) is 0 Å². The number of hydrogen-bond donors (Lipinski definition) is 2. The maximum Gasteiger partial charge on any atom is 0.229 e. The molecule has 2 amide bonds. The second-order valence-corrected chi connectivity index (χ2v) is 3.25. The van der Waals surface area contributed by atoms with Crippen LogP contribution in [0.1, 0.15) is 33.6 Å². The van der Waals surface area contributed by atoms with Gasteiger partial charge in [-0.05, 0) is 20.3 Å². The molecule has 0 fully saturated rings. The van der Waals surface area contributed by atoms with E-state index in [2.05, 4.69) is 10.6 Å². The molecular weight excluding hydrogens is 168 g/mol. The Kier molecular flexibility index (Phi) is 5.93. The van der Waals surface area contributed by atoms with Crippen LogP contribution in [0.3, 0.4) is 0 Å². The maximum atomic E-state index is 11.1. The number of nitrogens with one attached hydrogen (secondary N) is 2. The Bertz CT molecular complexity index is 178. The van der Waals surface area contributed by atoms with Gasteiger partial charge < -0.3 is 10.6 Å². The van der Waals surface area contributed by atoms with Crippen molar-refractivity contribution in [3.8, 4) is 0 Å². The van der Waals surface area contributed by atoms with Gasteiger partial charge in [0, 0.05) is 12.6 Å². The Morgan fingerprint density at radius 2 is 1.85 bits per heavy atom. The number of amides is 2. The lowest BCUT2D eigenvalue weighted by Gasteiger charge is -2.07. The molecule has 0 atom stereocenters. The largest absolute Gasteiger partial charge is 0.356 e. The van der Waals surface area contributed by atoms with E-state index < -0.39 is 0 Å². The first-order valence-corrected chi connectivity index (χ1v) is 4.62. The zero-order valence-electron chi connectivity index (χ0n) is 8.52. The van der Waals surface area contributed by atoms with Gasteiger partial charge in [-0.2, -0.15) is 0 Å². The number of carbonyl (C=O) groups is 2. The third-order valence-corrected chi connectivity index (χ3v) is 1.34. The molecule has 0 radical (unpaired) electrons. The van der Waals surface area contributed by atoms with Crippen LogP contribution in [0, 0.1) is 0 Å². The molecule has 13 heavy (non-hydrogen) atoms. The van der Waals surface area contributed by atoms with Gasteiger partial charge in [-0.3, -0.25) is 9.59 Å². The third kappa shape index (κ3) is 7.31. The van der Waals surface area contributed by atoms with Crippen LogP contribution in [0.2, 0.25) is 0 Å². The predicted octanol–water partition coefficient (Wildman–Crippen LogP) is 0.427. The summed E-state index contributed by atoms with van der Waals surface area (Å²) in [6.07, 6.45) is 0.815. The summed E-state index contributed by atoms with van der Waals surface area (Å²) in [6.45, 7) is 6.33. The van der Waals surface area contributed by atoms with Crippen molar-refractivity contribution in [2.75, 3.05) is 6.54 Å². The van der Waals surface area contributed by atoms with E-state index in [1.807, 2.05) is 20.8 Å². The highest BCUT2D eigenvalue weighted by atomic mass is 16.2. The van der Waals surface area contributed by atoms with Gasteiger partial charge in [0.1, 0.15) is 6.42 Å². The molecule has 0 rings (SSSR count). The standard InChI is InChI=1S/C9H18N2O2/c1-4-5-10-8(12)6-9(13)11-7(2)3/h7H,4-6H2,1-3H3,(H,10,12)(H,11,13). The summed E-state index contributed by atoms with van der Waals surface area (Å²) in [5.74, 6) is -0.427. The summed E-state index contributed by atoms with van der Waals surface area (Å²) >= 11 is 0. The van der Waals surface area contributed by atoms with Crippen molar-refractivity contribution in [2.45, 2.75) is 39.7 Å². The molecule has 0 aromatic rings. The van der Waals surface area contributed by atoms with E-state index in [-0.39, 0.29) is 24.3 Å². The Hall–Kier alpha value is -1.06. The van der Waals surface area contributed by atoms with Gasteiger partial charge in [0.2, 0.25) is 11.8 Å². The summed E-state index contributed by atoms with van der Waals surface area (Å²) in [4.78, 5) is 22.1. The Morgan fingerprint density at radius 1 is 1.23 bits per heavy atom. The lowest BCUT2D eigenvalue weighted by atomic mass is 10.3. The molecule has 0 aliphatic rings. The maximum absolute atomic E-state index is 11.1. The van der Waals surface area contributed by atoms with Gasteiger partial charge in [0.25, 0.3) is 0 Å². The van der Waals surface area contributed by atoms with Crippen LogP contribution < -0.4 is 10.6 Å². The zero-order valence-corrected chi connectivity index (χ0v) is 8.52. The molecule has 0 saturated carbocycles. The van der Waals surface area contributed by atoms with Crippen molar-refractivity contribution >= 4 is 11.8 Å². The zero-order chi connectivity index (χ0) is 10.3. The highest BCUT2D eigenvalue weighted by molar-refractivity contribution is 5.96. The molecule has 0 heterocycles. The lowest BCUT2D eigenvalue weighted by Crippen LogP contribution is -2.35. The van der Waals surface area contributed by atoms with Crippen LogP contribution in [-0.4, -0.2) is 24.4 Å². The van der Waals surface area contributed by atoms with Crippen LogP contribution >= 0.6 is 0 Å². The summed E-state index contributed by atoms with van der Waals surface area (Å²) < 4.78 is 0. The van der Waals surface area contributed by atoms with E-state index in [1.54, 1.807) is 0 Å². The number of rotatable bonds is 5. The average molecular weight is 186 g/mol. The van der Waals surface area contributed by atoms with Gasteiger partial charge in [0.05, 0.1) is 0 Å². The van der Waals surface area contributed by atoms with Crippen molar-refractivity contribution in [1.29, 1.82) is 0 Å². The molecule has 0 bridgehead atoms. The summed E-state index contributed by atoms with van der Waals surface area (Å²) in [5, 5.41) is 5.29. The molecule has 76 valence electrons. The molecule has 0 aliphatic carbocycles. The number of carbonyl (C=O) groups excluding carboxylic acids is 2. The first kappa shape index (κ1) is 11.9. The Balaban J connectivity index is 3.59. The molecule has 4 heteroatoms. The lowest BCUT2D eigenvalue weighted by molar-refractivity contribution is -0.129. The van der Waals surface area contributed by atoms with E-state index in [4.69, 9.17) is 0 Å². The van der Waals surface area contributed by atoms with E-state index in [9.17, 15) is 9.59 Å². The molecule has 0 spiro atoms. The predicted molar refractivity (Wildman–Crippen MR) is 51.2 cm³/mol. The van der Waals surface area contributed by atoms with Crippen LogP contribution in [0.4, 0.5) is 0 Å². The van der Waals surface area contributed by atoms with Gasteiger partial charge >= 0.3 is 0 Å². The summed E-state index contributed by atoms with van der Waals surface area (Å²) in [5.41, 5.74) is 0. The smallest absolute Gasteiger partial charge is 0.229 e. The fourth-order valence-corrected chi connectivity index (χ4v) is 0.846. The summed E-state index contributed by atoms with van der Waals surface area (Å²) in [7, 11) is 0. The first-order valence-electron chi connectivity index (χ1n) is 4.62. The van der Waals surface area contributed by atoms with Crippen molar-refractivity contribution in [3.05, 3.63) is 0 Å². The van der Waals surface area contributed by atoms with Crippen molar-refractivity contribution in [2.24, 2.45) is 0 Å². The molecule has 4 nitrogen and oxygen atoms in total. The van der Waals surface area contributed by atoms with Crippen LogP contribution in [0.15, 0.2) is 0 Å². The molecular formula is C9H18N2O2. The number of hydrogen-bond acceptors (Lipinski definition) is 2. The quantitative estimate of drug-likeness (QED) is 0.612. The van der Waals surface area contributed by atoms with Crippen molar-refractivity contribution < 1.29 is 9.59 Å². The van der Waals surface area contributed by atoms with Gasteiger partial charge in [-0.15, -0.1) is 0 Å². The minimum Gasteiger partial charge on any atom is -0.356 e. The normalized spacial score (nSPS) is 9.85. The fourth-order valence-electron chi connectivity index (χ4n) is 0.846. The van der Waals surface area contributed by atoms with E-state index >= 15 is 0 Å². The van der Waals surface area contributed by atoms with E-state index in [0.717, 1.165) is 6.42 Å². The summed E-state index contributed by atoms with van der Waals surface area (Å²) in [6, 6.07) is 0.0893. The fraction of sp³-hybridized carbons (Fsp3) is 0.778. The van der Waals surface area contributed by atoms with Gasteiger partial charge in [-0.1, -0.05) is 6.92 Å². The average Bonchev–Trinajstić information content (AvgIpc) is 1.98. The monoisotopic (exact) mass is 186 g/mol. The van der Waals surface area contributed by atoms with E-state index in [0.29, 0.717) is 6.54 Å².